The van der Waals surface area contributed by atoms with Crippen LogP contribution in [0.3, 0.4) is 0 Å². The molecule has 0 saturated heterocycles. The number of nitrogens with zero attached hydrogens (tertiary/aromatic N) is 1. The summed E-state index contributed by atoms with van der Waals surface area (Å²) < 4.78 is 18.3. The van der Waals surface area contributed by atoms with E-state index in [0.29, 0.717) is 12.1 Å². The molecule has 0 aromatic heterocycles. The summed E-state index contributed by atoms with van der Waals surface area (Å²) >= 11 is 0. The third-order valence-electron chi connectivity index (χ3n) is 5.66. The number of nitrogens with one attached hydrogen (secondary N) is 1. The van der Waals surface area contributed by atoms with Crippen molar-refractivity contribution in [1.29, 1.82) is 0 Å². The molecule has 2 aromatic rings. The van der Waals surface area contributed by atoms with Gasteiger partial charge in [-0.15, -0.1) is 0 Å². The quantitative estimate of drug-likeness (QED) is 0.733. The first-order chi connectivity index (χ1) is 14.2. The monoisotopic (exact) mass is 410 g/mol. The molecule has 1 aliphatic rings. The van der Waals surface area contributed by atoms with Gasteiger partial charge in [0.05, 0.1) is 7.11 Å². The van der Waals surface area contributed by atoms with Crippen molar-refractivity contribution < 1.29 is 18.7 Å². The molecule has 1 heterocycles. The number of esters is 1. The molecule has 30 heavy (non-hydrogen) atoms. The number of ether oxygens (including phenoxy) is 1. The average molecular weight is 410 g/mol. The lowest BCUT2D eigenvalue weighted by Crippen LogP contribution is -2.48. The number of amides is 1. The van der Waals surface area contributed by atoms with E-state index >= 15 is 0 Å². The second-order valence-corrected chi connectivity index (χ2v) is 7.75. The molecule has 1 aliphatic heterocycles. The normalized spacial score (nSPS) is 17.5. The van der Waals surface area contributed by atoms with Gasteiger partial charge in [0.25, 0.3) is 5.91 Å². The zero-order chi connectivity index (χ0) is 22.0. The first-order valence-electron chi connectivity index (χ1n) is 9.86. The van der Waals surface area contributed by atoms with Crippen LogP contribution in [0.2, 0.25) is 0 Å². The van der Waals surface area contributed by atoms with Crippen LogP contribution in [-0.4, -0.2) is 30.1 Å². The minimum atomic E-state index is -0.732. The van der Waals surface area contributed by atoms with Gasteiger partial charge in [-0.1, -0.05) is 35.9 Å². The Hall–Kier alpha value is -2.99. The molecule has 0 radical (unpaired) electrons. The molecule has 0 spiro atoms. The second-order valence-electron chi connectivity index (χ2n) is 7.75. The fourth-order valence-electron chi connectivity index (χ4n) is 3.81. The molecule has 1 amide bonds. The van der Waals surface area contributed by atoms with E-state index in [1.807, 2.05) is 39.0 Å². The highest BCUT2D eigenvalue weighted by atomic mass is 19.1. The zero-order valence-electron chi connectivity index (χ0n) is 18.0. The first kappa shape index (κ1) is 21.7. The molecule has 0 fully saturated rings. The van der Waals surface area contributed by atoms with E-state index in [1.54, 1.807) is 24.0 Å². The molecule has 5 nitrogen and oxygen atoms in total. The molecule has 0 unspecified atom stereocenters. The number of carbonyl (C=O) groups is 2. The van der Waals surface area contributed by atoms with Gasteiger partial charge in [-0.05, 0) is 62.1 Å². The fourth-order valence-corrected chi connectivity index (χ4v) is 3.81. The van der Waals surface area contributed by atoms with Crippen molar-refractivity contribution in [2.45, 2.75) is 46.4 Å². The van der Waals surface area contributed by atoms with Crippen LogP contribution in [0.4, 0.5) is 4.39 Å². The number of methoxy groups -OCH3 is 1. The SMILES string of the molecule is COC(=O)[C@H](N[C@H]1C(C)=C(C)C(=O)N1Cc1ccc(F)cc1)c1ccc(C)cc1C. The average Bonchev–Trinajstić information content (AvgIpc) is 2.91. The standard InChI is InChI=1S/C24H27FN2O3/c1-14-6-11-20(15(2)12-14)21(24(29)30-5)26-22-16(3)17(4)23(28)27(22)13-18-7-9-19(25)10-8-18/h6-12,21-22,26H,13H2,1-5H3/t21-,22-/m1/s1. The van der Waals surface area contributed by atoms with Crippen LogP contribution in [-0.2, 0) is 20.9 Å². The van der Waals surface area contributed by atoms with Crippen LogP contribution in [0, 0.1) is 19.7 Å². The highest BCUT2D eigenvalue weighted by molar-refractivity contribution is 5.97. The smallest absolute Gasteiger partial charge is 0.327 e. The lowest BCUT2D eigenvalue weighted by molar-refractivity contribution is -0.144. The van der Waals surface area contributed by atoms with Gasteiger partial charge < -0.3 is 9.64 Å². The maximum absolute atomic E-state index is 13.3. The van der Waals surface area contributed by atoms with Crippen LogP contribution in [0.1, 0.15) is 42.1 Å². The Morgan fingerprint density at radius 2 is 1.80 bits per heavy atom. The Kier molecular flexibility index (Phi) is 6.37. The van der Waals surface area contributed by atoms with E-state index in [2.05, 4.69) is 5.32 Å². The number of carbonyl (C=O) groups excluding carboxylic acids is 2. The minimum Gasteiger partial charge on any atom is -0.468 e. The summed E-state index contributed by atoms with van der Waals surface area (Å²) in [6, 6.07) is 11.2. The van der Waals surface area contributed by atoms with Gasteiger partial charge in [0.1, 0.15) is 18.0 Å². The van der Waals surface area contributed by atoms with Gasteiger partial charge in [-0.2, -0.15) is 0 Å². The van der Waals surface area contributed by atoms with Crippen LogP contribution >= 0.6 is 0 Å². The van der Waals surface area contributed by atoms with E-state index in [-0.39, 0.29) is 11.7 Å². The van der Waals surface area contributed by atoms with Gasteiger partial charge in [0.2, 0.25) is 0 Å². The van der Waals surface area contributed by atoms with Gasteiger partial charge in [-0.25, -0.2) is 9.18 Å². The third-order valence-corrected chi connectivity index (χ3v) is 5.66. The molecule has 6 heteroatoms. The van der Waals surface area contributed by atoms with Gasteiger partial charge >= 0.3 is 5.97 Å². The molecular formula is C24H27FN2O3. The highest BCUT2D eigenvalue weighted by Gasteiger charge is 2.38. The van der Waals surface area contributed by atoms with Crippen LogP contribution in [0.15, 0.2) is 53.6 Å². The Balaban J connectivity index is 1.94. The Bertz CT molecular complexity index is 998. The summed E-state index contributed by atoms with van der Waals surface area (Å²) in [6.45, 7) is 7.90. The summed E-state index contributed by atoms with van der Waals surface area (Å²) in [5.41, 5.74) is 5.16. The lowest BCUT2D eigenvalue weighted by Gasteiger charge is -2.31. The molecule has 158 valence electrons. The molecule has 2 aromatic carbocycles. The Labute approximate surface area is 176 Å². The number of halogens is 1. The minimum absolute atomic E-state index is 0.112. The summed E-state index contributed by atoms with van der Waals surface area (Å²) in [4.78, 5) is 27.2. The molecule has 0 saturated carbocycles. The van der Waals surface area contributed by atoms with E-state index < -0.39 is 18.2 Å². The Morgan fingerprint density at radius 3 is 2.40 bits per heavy atom. The maximum Gasteiger partial charge on any atom is 0.327 e. The summed E-state index contributed by atoms with van der Waals surface area (Å²) in [5, 5.41) is 3.33. The largest absolute Gasteiger partial charge is 0.468 e. The third kappa shape index (κ3) is 4.28. The van der Waals surface area contributed by atoms with Crippen LogP contribution in [0.25, 0.3) is 0 Å². The predicted octanol–water partition coefficient (Wildman–Crippen LogP) is 3.95. The van der Waals surface area contributed by atoms with Crippen molar-refractivity contribution in [3.63, 3.8) is 0 Å². The number of aryl methyl sites for hydroxylation is 2. The lowest BCUT2D eigenvalue weighted by atomic mass is 9.98. The highest BCUT2D eigenvalue weighted by Crippen LogP contribution is 2.29. The second kappa shape index (κ2) is 8.79. The van der Waals surface area contributed by atoms with Crippen molar-refractivity contribution >= 4 is 11.9 Å². The van der Waals surface area contributed by atoms with Gasteiger partial charge in [0, 0.05) is 12.1 Å². The van der Waals surface area contributed by atoms with Crippen molar-refractivity contribution in [3.8, 4) is 0 Å². The molecule has 2 atom stereocenters. The summed E-state index contributed by atoms with van der Waals surface area (Å²) in [6.07, 6.45) is -0.479. The number of benzene rings is 2. The number of hydrogen-bond acceptors (Lipinski definition) is 4. The summed E-state index contributed by atoms with van der Waals surface area (Å²) in [7, 11) is 1.35. The zero-order valence-corrected chi connectivity index (χ0v) is 18.0. The fraction of sp³-hybridized carbons (Fsp3) is 0.333. The van der Waals surface area contributed by atoms with Gasteiger partial charge in [-0.3, -0.25) is 10.1 Å². The molecular weight excluding hydrogens is 383 g/mol. The summed E-state index contributed by atoms with van der Waals surface area (Å²) in [5.74, 6) is -0.862. The van der Waals surface area contributed by atoms with E-state index in [1.165, 1.54) is 19.2 Å². The van der Waals surface area contributed by atoms with Crippen molar-refractivity contribution in [1.82, 2.24) is 10.2 Å². The molecule has 1 N–H and O–H groups in total. The predicted molar refractivity (Wildman–Crippen MR) is 113 cm³/mol. The van der Waals surface area contributed by atoms with Crippen molar-refractivity contribution in [3.05, 3.63) is 81.7 Å². The van der Waals surface area contributed by atoms with Crippen molar-refractivity contribution in [2.75, 3.05) is 7.11 Å². The van der Waals surface area contributed by atoms with Crippen LogP contribution < -0.4 is 5.32 Å². The van der Waals surface area contributed by atoms with Crippen molar-refractivity contribution in [2.24, 2.45) is 0 Å². The molecule has 0 aliphatic carbocycles. The Morgan fingerprint density at radius 1 is 1.13 bits per heavy atom. The first-order valence-corrected chi connectivity index (χ1v) is 9.86. The number of rotatable bonds is 6. The topological polar surface area (TPSA) is 58.6 Å². The van der Waals surface area contributed by atoms with Gasteiger partial charge in [0.15, 0.2) is 0 Å². The van der Waals surface area contributed by atoms with Crippen LogP contribution in [0.5, 0.6) is 0 Å². The van der Waals surface area contributed by atoms with E-state index in [0.717, 1.165) is 27.8 Å². The van der Waals surface area contributed by atoms with E-state index in [4.69, 9.17) is 4.74 Å². The molecule has 0 bridgehead atoms. The van der Waals surface area contributed by atoms with E-state index in [9.17, 15) is 14.0 Å². The molecule has 3 rings (SSSR count). The number of hydrogen-bond donors (Lipinski definition) is 1. The maximum atomic E-state index is 13.3.